The molecule has 9 heteroatoms. The number of fused-ring (bicyclic) bond motifs is 1. The maximum absolute atomic E-state index is 13.2. The van der Waals surface area contributed by atoms with E-state index in [2.05, 4.69) is 16.2 Å². The van der Waals surface area contributed by atoms with Gasteiger partial charge in [-0.15, -0.1) is 0 Å². The monoisotopic (exact) mass is 424 g/mol. The summed E-state index contributed by atoms with van der Waals surface area (Å²) in [4.78, 5) is 21.5. The molecule has 1 atom stereocenters. The molecule has 2 aromatic rings. The van der Waals surface area contributed by atoms with Crippen LogP contribution in [0.15, 0.2) is 30.4 Å². The largest absolute Gasteiger partial charge is 0.478 e. The number of piperidine rings is 1. The van der Waals surface area contributed by atoms with Crippen molar-refractivity contribution in [3.8, 4) is 0 Å². The average Bonchev–Trinajstić information content (AvgIpc) is 3.10. The SMILES string of the molecule is CC(CO)CN1CCC(c2nsc3cc(F)ccc23)CC1.O=C(O)C=CC(=O)O. The minimum absolute atomic E-state index is 0.189. The fourth-order valence-electron chi connectivity index (χ4n) is 3.26. The van der Waals surface area contributed by atoms with Gasteiger partial charge in [-0.05, 0) is 61.6 Å². The lowest BCUT2D eigenvalue weighted by Gasteiger charge is -2.32. The van der Waals surface area contributed by atoms with E-state index in [-0.39, 0.29) is 12.4 Å². The van der Waals surface area contributed by atoms with E-state index in [1.807, 2.05) is 6.07 Å². The Labute approximate surface area is 172 Å². The van der Waals surface area contributed by atoms with Crippen LogP contribution in [0.25, 0.3) is 10.1 Å². The van der Waals surface area contributed by atoms with Crippen LogP contribution in [-0.4, -0.2) is 62.8 Å². The van der Waals surface area contributed by atoms with E-state index in [4.69, 9.17) is 15.3 Å². The Morgan fingerprint density at radius 3 is 2.45 bits per heavy atom. The minimum Gasteiger partial charge on any atom is -0.478 e. The number of aliphatic carboxylic acids is 2. The summed E-state index contributed by atoms with van der Waals surface area (Å²) in [6.45, 7) is 5.40. The molecule has 1 aliphatic rings. The summed E-state index contributed by atoms with van der Waals surface area (Å²) in [5.74, 6) is -1.89. The summed E-state index contributed by atoms with van der Waals surface area (Å²) >= 11 is 1.40. The average molecular weight is 424 g/mol. The van der Waals surface area contributed by atoms with Gasteiger partial charge in [0, 0.05) is 36.6 Å². The lowest BCUT2D eigenvalue weighted by Crippen LogP contribution is -2.36. The smallest absolute Gasteiger partial charge is 0.328 e. The lowest BCUT2D eigenvalue weighted by atomic mass is 9.91. The third-order valence-corrected chi connectivity index (χ3v) is 5.51. The molecule has 0 saturated carbocycles. The van der Waals surface area contributed by atoms with E-state index in [0.29, 0.717) is 24.0 Å². The number of hydrogen-bond donors (Lipinski definition) is 3. The molecule has 0 radical (unpaired) electrons. The van der Waals surface area contributed by atoms with Crippen molar-refractivity contribution in [2.75, 3.05) is 26.2 Å². The zero-order valence-electron chi connectivity index (χ0n) is 16.1. The Balaban J connectivity index is 0.000000321. The highest BCUT2D eigenvalue weighted by molar-refractivity contribution is 7.13. The second-order valence-electron chi connectivity index (χ2n) is 7.08. The molecule has 158 valence electrons. The van der Waals surface area contributed by atoms with Gasteiger partial charge in [-0.1, -0.05) is 6.92 Å². The van der Waals surface area contributed by atoms with E-state index in [0.717, 1.165) is 48.3 Å². The molecule has 3 N–H and O–H groups in total. The standard InChI is InChI=1S/C16H21FN2OS.C4H4O4/c1-11(10-20)9-19-6-4-12(5-7-19)16-14-3-2-13(17)8-15(14)21-18-16;5-3(6)1-2-4(7)8/h2-3,8,11-12,20H,4-7,9-10H2,1H3;1-2H,(H,5,6)(H,7,8). The third-order valence-electron chi connectivity index (χ3n) is 4.69. The number of likely N-dealkylation sites (tertiary alicyclic amines) is 1. The van der Waals surface area contributed by atoms with Crippen molar-refractivity contribution in [3.63, 3.8) is 0 Å². The maximum Gasteiger partial charge on any atom is 0.328 e. The maximum atomic E-state index is 13.2. The number of halogens is 1. The van der Waals surface area contributed by atoms with Crippen LogP contribution in [0, 0.1) is 11.7 Å². The van der Waals surface area contributed by atoms with Gasteiger partial charge in [-0.2, -0.15) is 4.37 Å². The molecule has 0 amide bonds. The fraction of sp³-hybridized carbons (Fsp3) is 0.450. The molecule has 3 rings (SSSR count). The molecule has 1 aliphatic heterocycles. The molecule has 1 aromatic carbocycles. The predicted molar refractivity (Wildman–Crippen MR) is 109 cm³/mol. The Bertz CT molecular complexity index is 846. The van der Waals surface area contributed by atoms with E-state index in [1.54, 1.807) is 6.07 Å². The quantitative estimate of drug-likeness (QED) is 0.612. The number of carboxylic acids is 2. The molecule has 1 saturated heterocycles. The van der Waals surface area contributed by atoms with Crippen molar-refractivity contribution in [1.82, 2.24) is 9.27 Å². The van der Waals surface area contributed by atoms with Crippen molar-refractivity contribution in [2.45, 2.75) is 25.7 Å². The van der Waals surface area contributed by atoms with Crippen LogP contribution in [0.4, 0.5) is 4.39 Å². The van der Waals surface area contributed by atoms with Crippen LogP contribution in [0.3, 0.4) is 0 Å². The third kappa shape index (κ3) is 7.19. The van der Waals surface area contributed by atoms with Gasteiger partial charge >= 0.3 is 11.9 Å². The second kappa shape index (κ2) is 11.0. The van der Waals surface area contributed by atoms with Crippen molar-refractivity contribution in [3.05, 3.63) is 41.9 Å². The van der Waals surface area contributed by atoms with Gasteiger partial charge in [0.2, 0.25) is 0 Å². The number of hydrogen-bond acceptors (Lipinski definition) is 6. The molecule has 1 aromatic heterocycles. The second-order valence-corrected chi connectivity index (χ2v) is 7.89. The normalized spacial score (nSPS) is 16.5. The van der Waals surface area contributed by atoms with E-state index >= 15 is 0 Å². The highest BCUT2D eigenvalue weighted by Gasteiger charge is 2.24. The lowest BCUT2D eigenvalue weighted by molar-refractivity contribution is -0.134. The number of aliphatic hydroxyl groups is 1. The van der Waals surface area contributed by atoms with Gasteiger partial charge in [0.1, 0.15) is 5.82 Å². The molecule has 0 spiro atoms. The van der Waals surface area contributed by atoms with E-state index < -0.39 is 11.9 Å². The van der Waals surface area contributed by atoms with E-state index in [1.165, 1.54) is 17.6 Å². The number of nitrogens with zero attached hydrogens (tertiary/aromatic N) is 2. The number of aliphatic hydroxyl groups excluding tert-OH is 1. The number of aromatic nitrogens is 1. The first-order valence-electron chi connectivity index (χ1n) is 9.32. The Morgan fingerprint density at radius 2 is 1.90 bits per heavy atom. The van der Waals surface area contributed by atoms with Gasteiger partial charge in [0.05, 0.1) is 10.4 Å². The van der Waals surface area contributed by atoms with Crippen LogP contribution in [0.5, 0.6) is 0 Å². The molecule has 29 heavy (non-hydrogen) atoms. The van der Waals surface area contributed by atoms with Crippen molar-refractivity contribution in [2.24, 2.45) is 5.92 Å². The van der Waals surface area contributed by atoms with Gasteiger partial charge in [-0.25, -0.2) is 14.0 Å². The van der Waals surface area contributed by atoms with Gasteiger partial charge < -0.3 is 20.2 Å². The van der Waals surface area contributed by atoms with Crippen molar-refractivity contribution >= 4 is 33.6 Å². The molecule has 2 heterocycles. The summed E-state index contributed by atoms with van der Waals surface area (Å²) in [7, 11) is 0. The minimum atomic E-state index is -1.26. The van der Waals surface area contributed by atoms with Crippen LogP contribution in [0.1, 0.15) is 31.4 Å². The van der Waals surface area contributed by atoms with Gasteiger partial charge in [0.15, 0.2) is 0 Å². The first-order chi connectivity index (χ1) is 13.8. The molecule has 0 aliphatic carbocycles. The topological polar surface area (TPSA) is 111 Å². The van der Waals surface area contributed by atoms with Gasteiger partial charge in [0.25, 0.3) is 0 Å². The summed E-state index contributed by atoms with van der Waals surface area (Å²) in [5.41, 5.74) is 1.14. The Hall–Kier alpha value is -2.36. The first kappa shape index (κ1) is 22.9. The molecule has 1 fully saturated rings. The van der Waals surface area contributed by atoms with Crippen LogP contribution >= 0.6 is 11.5 Å². The number of carboxylic acid groups (broad SMARTS) is 2. The summed E-state index contributed by atoms with van der Waals surface area (Å²) in [6.07, 6.45) is 3.30. The molecular formula is C20H25FN2O5S. The zero-order chi connectivity index (χ0) is 21.4. The number of benzene rings is 1. The molecule has 1 unspecified atom stereocenters. The van der Waals surface area contributed by atoms with Crippen LogP contribution < -0.4 is 0 Å². The van der Waals surface area contributed by atoms with Crippen molar-refractivity contribution in [1.29, 1.82) is 0 Å². The molecule has 7 nitrogen and oxygen atoms in total. The van der Waals surface area contributed by atoms with Crippen molar-refractivity contribution < 1.29 is 29.3 Å². The fourth-order valence-corrected chi connectivity index (χ4v) is 4.14. The zero-order valence-corrected chi connectivity index (χ0v) is 16.9. The number of carbonyl (C=O) groups is 2. The Kier molecular flexibility index (Phi) is 8.69. The summed E-state index contributed by atoms with van der Waals surface area (Å²) < 4.78 is 18.8. The van der Waals surface area contributed by atoms with Crippen LogP contribution in [-0.2, 0) is 9.59 Å². The first-order valence-corrected chi connectivity index (χ1v) is 10.1. The highest BCUT2D eigenvalue weighted by Crippen LogP contribution is 2.34. The summed E-state index contributed by atoms with van der Waals surface area (Å²) in [5, 5.41) is 25.9. The summed E-state index contributed by atoms with van der Waals surface area (Å²) in [6, 6.07) is 4.97. The predicted octanol–water partition coefficient (Wildman–Crippen LogP) is 2.96. The van der Waals surface area contributed by atoms with Crippen LogP contribution in [0.2, 0.25) is 0 Å². The Morgan fingerprint density at radius 1 is 1.28 bits per heavy atom. The molecular weight excluding hydrogens is 399 g/mol. The van der Waals surface area contributed by atoms with Gasteiger partial charge in [-0.3, -0.25) is 0 Å². The van der Waals surface area contributed by atoms with E-state index in [9.17, 15) is 14.0 Å². The molecule has 0 bridgehead atoms. The number of rotatable bonds is 6. The highest BCUT2D eigenvalue weighted by atomic mass is 32.1.